The molecule has 2 aliphatic rings. The van der Waals surface area contributed by atoms with E-state index < -0.39 is 5.60 Å². The minimum atomic E-state index is -0.543. The number of ketones is 1. The third-order valence-corrected chi connectivity index (χ3v) is 4.93. The van der Waals surface area contributed by atoms with Crippen molar-refractivity contribution in [1.29, 1.82) is 0 Å². The molecule has 6 nitrogen and oxygen atoms in total. The summed E-state index contributed by atoms with van der Waals surface area (Å²) in [4.78, 5) is 27.5. The van der Waals surface area contributed by atoms with Gasteiger partial charge < -0.3 is 14.2 Å². The predicted octanol–water partition coefficient (Wildman–Crippen LogP) is 3.68. The molecule has 2 atom stereocenters. The Morgan fingerprint density at radius 3 is 2.44 bits per heavy atom. The zero-order valence-electron chi connectivity index (χ0n) is 16.6. The number of amides is 1. The van der Waals surface area contributed by atoms with Crippen molar-refractivity contribution in [3.05, 3.63) is 29.8 Å². The quantitative estimate of drug-likeness (QED) is 0.751. The Labute approximate surface area is 160 Å². The Morgan fingerprint density at radius 1 is 1.19 bits per heavy atom. The lowest BCUT2D eigenvalue weighted by molar-refractivity contribution is -0.0861. The largest absolute Gasteiger partial charge is 0.494 e. The van der Waals surface area contributed by atoms with Gasteiger partial charge in [0, 0.05) is 11.5 Å². The van der Waals surface area contributed by atoms with E-state index in [1.807, 2.05) is 45.9 Å². The number of rotatable bonds is 4. The molecule has 0 radical (unpaired) electrons. The number of fused-ring (bicyclic) bond motifs is 2. The van der Waals surface area contributed by atoms with Crippen molar-refractivity contribution in [2.75, 3.05) is 19.8 Å². The molecule has 2 bridgehead atoms. The normalized spacial score (nSPS) is 25.0. The summed E-state index contributed by atoms with van der Waals surface area (Å²) in [6, 6.07) is 7.08. The lowest BCUT2D eigenvalue weighted by atomic mass is 9.81. The number of carbonyl (C=O) groups excluding carboxylic acids is 2. The van der Waals surface area contributed by atoms with Crippen LogP contribution in [0.4, 0.5) is 4.79 Å². The van der Waals surface area contributed by atoms with Crippen LogP contribution in [0.1, 0.15) is 50.9 Å². The van der Waals surface area contributed by atoms with Gasteiger partial charge in [-0.2, -0.15) is 0 Å². The van der Waals surface area contributed by atoms with Crippen molar-refractivity contribution in [2.45, 2.75) is 58.2 Å². The monoisotopic (exact) mass is 375 g/mol. The Hall–Kier alpha value is -2.08. The summed E-state index contributed by atoms with van der Waals surface area (Å²) < 4.78 is 16.7. The highest BCUT2D eigenvalue weighted by Gasteiger charge is 2.45. The molecule has 27 heavy (non-hydrogen) atoms. The van der Waals surface area contributed by atoms with Crippen LogP contribution in [0.15, 0.2) is 24.3 Å². The molecule has 0 aromatic heterocycles. The number of hydrogen-bond donors (Lipinski definition) is 0. The summed E-state index contributed by atoms with van der Waals surface area (Å²) in [7, 11) is 0. The number of nitrogens with zero attached hydrogens (tertiary/aromatic N) is 1. The van der Waals surface area contributed by atoms with Gasteiger partial charge in [-0.1, -0.05) is 12.1 Å². The zero-order valence-corrected chi connectivity index (χ0v) is 16.6. The minimum absolute atomic E-state index is 0.109. The first kappa shape index (κ1) is 19.7. The van der Waals surface area contributed by atoms with Crippen LogP contribution >= 0.6 is 0 Å². The van der Waals surface area contributed by atoms with Crippen molar-refractivity contribution in [3.63, 3.8) is 0 Å². The van der Waals surface area contributed by atoms with E-state index in [0.717, 1.165) is 0 Å². The van der Waals surface area contributed by atoms with Crippen LogP contribution in [-0.2, 0) is 9.47 Å². The van der Waals surface area contributed by atoms with Crippen LogP contribution in [0.3, 0.4) is 0 Å². The first-order valence-corrected chi connectivity index (χ1v) is 9.64. The Balaban J connectivity index is 1.73. The van der Waals surface area contributed by atoms with Gasteiger partial charge in [-0.05, 0) is 52.7 Å². The van der Waals surface area contributed by atoms with E-state index in [9.17, 15) is 9.59 Å². The van der Waals surface area contributed by atoms with E-state index in [1.165, 1.54) is 0 Å². The van der Waals surface area contributed by atoms with Crippen LogP contribution in [0.2, 0.25) is 0 Å². The first-order chi connectivity index (χ1) is 12.8. The second-order valence-corrected chi connectivity index (χ2v) is 8.23. The van der Waals surface area contributed by atoms with Crippen molar-refractivity contribution in [1.82, 2.24) is 4.90 Å². The van der Waals surface area contributed by atoms with Crippen molar-refractivity contribution >= 4 is 11.9 Å². The first-order valence-electron chi connectivity index (χ1n) is 9.64. The molecule has 2 aliphatic heterocycles. The molecule has 2 saturated heterocycles. The van der Waals surface area contributed by atoms with Gasteiger partial charge in [0.25, 0.3) is 0 Å². The maximum atomic E-state index is 13.1. The number of carbonyl (C=O) groups is 2. The molecule has 1 aromatic rings. The summed E-state index contributed by atoms with van der Waals surface area (Å²) in [5.74, 6) is 0.690. The summed E-state index contributed by atoms with van der Waals surface area (Å²) in [6.07, 6.45) is 0.867. The minimum Gasteiger partial charge on any atom is -0.494 e. The molecule has 0 saturated carbocycles. The zero-order chi connectivity index (χ0) is 19.6. The number of benzene rings is 1. The highest BCUT2D eigenvalue weighted by molar-refractivity contribution is 5.98. The molecule has 2 unspecified atom stereocenters. The van der Waals surface area contributed by atoms with Gasteiger partial charge in [0.15, 0.2) is 5.78 Å². The second-order valence-electron chi connectivity index (χ2n) is 8.23. The Bertz CT molecular complexity index is 682. The van der Waals surface area contributed by atoms with Crippen LogP contribution in [0.5, 0.6) is 5.75 Å². The van der Waals surface area contributed by atoms with Gasteiger partial charge >= 0.3 is 6.09 Å². The molecule has 0 spiro atoms. The molecule has 1 amide bonds. The predicted molar refractivity (Wildman–Crippen MR) is 101 cm³/mol. The molecular formula is C21H29NO5. The average Bonchev–Trinajstić information content (AvgIpc) is 2.59. The molecule has 6 heteroatoms. The van der Waals surface area contributed by atoms with Gasteiger partial charge in [0.05, 0.1) is 31.9 Å². The van der Waals surface area contributed by atoms with Crippen molar-refractivity contribution in [2.24, 2.45) is 5.92 Å². The highest BCUT2D eigenvalue weighted by atomic mass is 16.6. The summed E-state index contributed by atoms with van der Waals surface area (Å²) in [5.41, 5.74) is 0.120. The van der Waals surface area contributed by atoms with Gasteiger partial charge in [-0.25, -0.2) is 4.79 Å². The molecule has 2 fully saturated rings. The number of hydrogen-bond acceptors (Lipinski definition) is 5. The lowest BCUT2D eigenvalue weighted by Gasteiger charge is -2.47. The standard InChI is InChI=1S/C21H29NO5/c1-5-26-18-8-6-7-14(11-18)19(23)15-9-16-12-25-13-17(10-15)22(16)20(24)27-21(2,3)4/h6-8,11,15-17H,5,9-10,12-13H2,1-4H3. The smallest absolute Gasteiger partial charge is 0.410 e. The number of morpholine rings is 1. The highest BCUT2D eigenvalue weighted by Crippen LogP contribution is 2.35. The van der Waals surface area contributed by atoms with Crippen molar-refractivity contribution < 1.29 is 23.8 Å². The molecular weight excluding hydrogens is 346 g/mol. The molecule has 0 aliphatic carbocycles. The summed E-state index contributed by atoms with van der Waals surface area (Å²) >= 11 is 0. The molecule has 0 N–H and O–H groups in total. The van der Waals surface area contributed by atoms with Gasteiger partial charge in [-0.15, -0.1) is 0 Å². The van der Waals surface area contributed by atoms with Crippen LogP contribution in [0, 0.1) is 5.92 Å². The maximum Gasteiger partial charge on any atom is 0.410 e. The fraction of sp³-hybridized carbons (Fsp3) is 0.619. The van der Waals surface area contributed by atoms with E-state index in [-0.39, 0.29) is 29.9 Å². The van der Waals surface area contributed by atoms with Crippen LogP contribution < -0.4 is 4.74 Å². The summed E-state index contributed by atoms with van der Waals surface area (Å²) in [6.45, 7) is 8.95. The third kappa shape index (κ3) is 4.61. The van der Waals surface area contributed by atoms with E-state index >= 15 is 0 Å². The van der Waals surface area contributed by atoms with E-state index in [4.69, 9.17) is 14.2 Å². The van der Waals surface area contributed by atoms with Gasteiger partial charge in [0.2, 0.25) is 0 Å². The topological polar surface area (TPSA) is 65.1 Å². The fourth-order valence-corrected chi connectivity index (χ4v) is 3.88. The Kier molecular flexibility index (Phi) is 5.75. The van der Waals surface area contributed by atoms with Gasteiger partial charge in [-0.3, -0.25) is 9.69 Å². The van der Waals surface area contributed by atoms with Crippen LogP contribution in [-0.4, -0.2) is 54.3 Å². The van der Waals surface area contributed by atoms with Crippen molar-refractivity contribution in [3.8, 4) is 5.75 Å². The number of Topliss-reactive ketones (excluding diaryl/α,β-unsaturated/α-hetero) is 1. The van der Waals surface area contributed by atoms with E-state index in [1.54, 1.807) is 11.0 Å². The van der Waals surface area contributed by atoms with E-state index in [0.29, 0.717) is 44.0 Å². The summed E-state index contributed by atoms with van der Waals surface area (Å²) in [5, 5.41) is 0. The Morgan fingerprint density at radius 2 is 1.85 bits per heavy atom. The number of piperidine rings is 1. The fourth-order valence-electron chi connectivity index (χ4n) is 3.88. The van der Waals surface area contributed by atoms with Crippen LogP contribution in [0.25, 0.3) is 0 Å². The second kappa shape index (κ2) is 7.89. The maximum absolute atomic E-state index is 13.1. The van der Waals surface area contributed by atoms with E-state index in [2.05, 4.69) is 0 Å². The molecule has 3 rings (SSSR count). The molecule has 1 aromatic carbocycles. The lowest BCUT2D eigenvalue weighted by Crippen LogP contribution is -2.60. The third-order valence-electron chi connectivity index (χ3n) is 4.93. The average molecular weight is 375 g/mol. The van der Waals surface area contributed by atoms with Gasteiger partial charge in [0.1, 0.15) is 11.4 Å². The molecule has 148 valence electrons. The SMILES string of the molecule is CCOc1cccc(C(=O)C2CC3COCC(C2)N3C(=O)OC(C)(C)C)c1. The number of ether oxygens (including phenoxy) is 3. The molecule has 2 heterocycles.